The third-order valence-electron chi connectivity index (χ3n) is 5.78. The molecule has 30 heavy (non-hydrogen) atoms. The fraction of sp³-hybridized carbons (Fsp3) is 0.458. The van der Waals surface area contributed by atoms with E-state index in [4.69, 9.17) is 14.5 Å². The van der Waals surface area contributed by atoms with Crippen LogP contribution in [-0.2, 0) is 13.1 Å². The molecule has 0 bridgehead atoms. The summed E-state index contributed by atoms with van der Waals surface area (Å²) in [4.78, 5) is 7.37. The highest BCUT2D eigenvalue weighted by atomic mass is 16.7. The minimum Gasteiger partial charge on any atom is -0.454 e. The average Bonchev–Trinajstić information content (AvgIpc) is 3.23. The molecule has 1 saturated heterocycles. The maximum atomic E-state index is 5.47. The molecule has 2 aliphatic heterocycles. The first-order valence-corrected chi connectivity index (χ1v) is 10.9. The Labute approximate surface area is 179 Å². The number of nitrogens with one attached hydrogen (secondary N) is 2. The van der Waals surface area contributed by atoms with Crippen molar-refractivity contribution >= 4 is 5.96 Å². The van der Waals surface area contributed by atoms with Gasteiger partial charge in [0, 0.05) is 31.7 Å². The normalized spacial score (nSPS) is 21.5. The van der Waals surface area contributed by atoms with E-state index in [-0.39, 0.29) is 0 Å². The average molecular weight is 409 g/mol. The first-order chi connectivity index (χ1) is 14.7. The topological polar surface area (TPSA) is 58.1 Å². The third kappa shape index (κ3) is 5.25. The highest BCUT2D eigenvalue weighted by Gasteiger charge is 2.26. The van der Waals surface area contributed by atoms with Crippen molar-refractivity contribution in [1.29, 1.82) is 0 Å². The Kier molecular flexibility index (Phi) is 6.74. The van der Waals surface area contributed by atoms with Gasteiger partial charge in [-0.05, 0) is 49.9 Å². The number of benzene rings is 2. The Morgan fingerprint density at radius 3 is 2.73 bits per heavy atom. The Balaban J connectivity index is 1.32. The molecule has 2 atom stereocenters. The zero-order valence-electron chi connectivity index (χ0n) is 17.9. The van der Waals surface area contributed by atoms with Gasteiger partial charge < -0.3 is 20.1 Å². The second kappa shape index (κ2) is 9.85. The quantitative estimate of drug-likeness (QED) is 0.566. The molecule has 6 heteroatoms. The molecule has 0 spiro atoms. The van der Waals surface area contributed by atoms with Gasteiger partial charge in [-0.2, -0.15) is 0 Å². The number of guanidine groups is 1. The number of nitrogens with zero attached hydrogens (tertiary/aromatic N) is 2. The summed E-state index contributed by atoms with van der Waals surface area (Å²) in [5, 5.41) is 7.04. The summed E-state index contributed by atoms with van der Waals surface area (Å²) < 4.78 is 10.9. The van der Waals surface area contributed by atoms with Gasteiger partial charge in [0.05, 0.1) is 6.54 Å². The molecular weight excluding hydrogens is 376 g/mol. The molecule has 0 amide bonds. The van der Waals surface area contributed by atoms with E-state index in [2.05, 4.69) is 59.7 Å². The predicted molar refractivity (Wildman–Crippen MR) is 120 cm³/mol. The van der Waals surface area contributed by atoms with Crippen molar-refractivity contribution in [3.05, 3.63) is 59.7 Å². The van der Waals surface area contributed by atoms with Crippen LogP contribution in [0.15, 0.2) is 53.5 Å². The van der Waals surface area contributed by atoms with Crippen molar-refractivity contribution in [1.82, 2.24) is 15.5 Å². The monoisotopic (exact) mass is 408 g/mol. The van der Waals surface area contributed by atoms with Crippen molar-refractivity contribution in [3.63, 3.8) is 0 Å². The van der Waals surface area contributed by atoms with Crippen LogP contribution in [0.4, 0.5) is 0 Å². The van der Waals surface area contributed by atoms with Crippen LogP contribution in [0.1, 0.15) is 37.8 Å². The maximum absolute atomic E-state index is 5.47. The summed E-state index contributed by atoms with van der Waals surface area (Å²) in [6.45, 7) is 8.29. The first kappa shape index (κ1) is 20.5. The van der Waals surface area contributed by atoms with Gasteiger partial charge in [-0.1, -0.05) is 36.4 Å². The van der Waals surface area contributed by atoms with Gasteiger partial charge in [0.1, 0.15) is 0 Å². The van der Waals surface area contributed by atoms with E-state index in [0.717, 1.165) is 55.5 Å². The molecule has 160 valence electrons. The zero-order chi connectivity index (χ0) is 20.8. The van der Waals surface area contributed by atoms with Crippen LogP contribution in [0, 0.1) is 0 Å². The molecule has 0 radical (unpaired) electrons. The molecule has 0 aliphatic carbocycles. The Bertz CT molecular complexity index is 856. The second-order valence-corrected chi connectivity index (χ2v) is 8.05. The number of rotatable bonds is 6. The van der Waals surface area contributed by atoms with Crippen molar-refractivity contribution in [2.75, 3.05) is 19.9 Å². The molecule has 2 unspecified atom stereocenters. The minimum absolute atomic E-state index is 0.299. The van der Waals surface area contributed by atoms with Crippen LogP contribution < -0.4 is 20.1 Å². The molecule has 4 rings (SSSR count). The number of piperidine rings is 1. The van der Waals surface area contributed by atoms with E-state index in [0.29, 0.717) is 25.4 Å². The molecule has 0 aromatic heterocycles. The van der Waals surface area contributed by atoms with Crippen LogP contribution in [0.25, 0.3) is 0 Å². The van der Waals surface area contributed by atoms with E-state index in [9.17, 15) is 0 Å². The number of likely N-dealkylation sites (tertiary alicyclic amines) is 1. The van der Waals surface area contributed by atoms with Gasteiger partial charge in [0.15, 0.2) is 17.5 Å². The van der Waals surface area contributed by atoms with Crippen LogP contribution in [-0.4, -0.2) is 42.8 Å². The molecular formula is C24H32N4O2. The number of fused-ring (bicyclic) bond motifs is 1. The lowest BCUT2D eigenvalue weighted by molar-refractivity contribution is 0.134. The van der Waals surface area contributed by atoms with Crippen molar-refractivity contribution in [2.24, 2.45) is 4.99 Å². The highest BCUT2D eigenvalue weighted by Crippen LogP contribution is 2.32. The van der Waals surface area contributed by atoms with Crippen molar-refractivity contribution in [3.8, 4) is 11.5 Å². The molecule has 2 heterocycles. The maximum Gasteiger partial charge on any atom is 0.231 e. The second-order valence-electron chi connectivity index (χ2n) is 8.05. The van der Waals surface area contributed by atoms with Gasteiger partial charge in [-0.3, -0.25) is 4.90 Å². The smallest absolute Gasteiger partial charge is 0.231 e. The Morgan fingerprint density at radius 2 is 1.93 bits per heavy atom. The number of hydrogen-bond acceptors (Lipinski definition) is 4. The molecule has 2 N–H and O–H groups in total. The lowest BCUT2D eigenvalue weighted by atomic mass is 9.97. The lowest BCUT2D eigenvalue weighted by Crippen LogP contribution is -2.51. The van der Waals surface area contributed by atoms with Gasteiger partial charge in [-0.25, -0.2) is 4.99 Å². The van der Waals surface area contributed by atoms with E-state index in [1.807, 2.05) is 18.2 Å². The standard InChI is InChI=1S/C24H32N4O2/c1-3-25-24(26-15-20-9-10-22-23(14-20)30-17-29-22)27-21-11-12-28(18(2)13-21)16-19-7-5-4-6-8-19/h4-10,14,18,21H,3,11-13,15-17H2,1-2H3,(H2,25,26,27). The summed E-state index contributed by atoms with van der Waals surface area (Å²) in [7, 11) is 0. The SMILES string of the molecule is CCNC(=NCc1ccc2c(c1)OCO2)NC1CCN(Cc2ccccc2)C(C)C1. The first-order valence-electron chi connectivity index (χ1n) is 10.9. The summed E-state index contributed by atoms with van der Waals surface area (Å²) in [6.07, 6.45) is 2.23. The van der Waals surface area contributed by atoms with Crippen LogP contribution in [0.5, 0.6) is 11.5 Å². The molecule has 2 aromatic rings. The fourth-order valence-corrected chi connectivity index (χ4v) is 4.13. The zero-order valence-corrected chi connectivity index (χ0v) is 17.9. The summed E-state index contributed by atoms with van der Waals surface area (Å²) in [5.74, 6) is 2.49. The van der Waals surface area contributed by atoms with Crippen molar-refractivity contribution < 1.29 is 9.47 Å². The number of ether oxygens (including phenoxy) is 2. The molecule has 1 fully saturated rings. The van der Waals surface area contributed by atoms with Crippen molar-refractivity contribution in [2.45, 2.75) is 51.9 Å². The lowest BCUT2D eigenvalue weighted by Gasteiger charge is -2.38. The van der Waals surface area contributed by atoms with Gasteiger partial charge in [0.25, 0.3) is 0 Å². The van der Waals surface area contributed by atoms with E-state index < -0.39 is 0 Å². The Hall–Kier alpha value is -2.73. The fourth-order valence-electron chi connectivity index (χ4n) is 4.13. The van der Waals surface area contributed by atoms with E-state index in [1.54, 1.807) is 0 Å². The third-order valence-corrected chi connectivity index (χ3v) is 5.78. The highest BCUT2D eigenvalue weighted by molar-refractivity contribution is 5.80. The van der Waals surface area contributed by atoms with Crippen LogP contribution in [0.3, 0.4) is 0 Å². The largest absolute Gasteiger partial charge is 0.454 e. The van der Waals surface area contributed by atoms with Crippen LogP contribution in [0.2, 0.25) is 0 Å². The van der Waals surface area contributed by atoms with E-state index in [1.165, 1.54) is 5.56 Å². The van der Waals surface area contributed by atoms with E-state index >= 15 is 0 Å². The molecule has 2 aromatic carbocycles. The van der Waals surface area contributed by atoms with Gasteiger partial charge in [-0.15, -0.1) is 0 Å². The molecule has 2 aliphatic rings. The predicted octanol–water partition coefficient (Wildman–Crippen LogP) is 3.52. The molecule has 6 nitrogen and oxygen atoms in total. The number of hydrogen-bond donors (Lipinski definition) is 2. The summed E-state index contributed by atoms with van der Waals surface area (Å²) in [5.41, 5.74) is 2.50. The van der Waals surface area contributed by atoms with Gasteiger partial charge >= 0.3 is 0 Å². The summed E-state index contributed by atoms with van der Waals surface area (Å²) in [6, 6.07) is 17.7. The number of aliphatic imine (C=N–C) groups is 1. The van der Waals surface area contributed by atoms with Crippen LogP contribution >= 0.6 is 0 Å². The Morgan fingerprint density at radius 1 is 1.10 bits per heavy atom. The van der Waals surface area contributed by atoms with Gasteiger partial charge in [0.2, 0.25) is 6.79 Å². The minimum atomic E-state index is 0.299. The summed E-state index contributed by atoms with van der Waals surface area (Å²) >= 11 is 0. The molecule has 0 saturated carbocycles.